The third kappa shape index (κ3) is 4.72. The second-order valence-electron chi connectivity index (χ2n) is 6.33. The molecule has 1 aliphatic rings. The number of nitrogens with zero attached hydrogens (tertiary/aromatic N) is 3. The maximum absolute atomic E-state index is 5.60. The fraction of sp³-hybridized carbons (Fsp3) is 0.800. The summed E-state index contributed by atoms with van der Waals surface area (Å²) in [6.45, 7) is 9.92. The molecule has 2 rings (SSSR count). The van der Waals surface area contributed by atoms with Crippen molar-refractivity contribution in [2.24, 2.45) is 5.41 Å². The molecule has 2 N–H and O–H groups in total. The lowest BCUT2D eigenvalue weighted by molar-refractivity contribution is 0.222. The van der Waals surface area contributed by atoms with Gasteiger partial charge in [0.05, 0.1) is 6.10 Å². The largest absolute Gasteiger partial charge is 0.461 e. The molecule has 0 aliphatic heterocycles. The Kier molecular flexibility index (Phi) is 5.20. The van der Waals surface area contributed by atoms with Crippen LogP contribution >= 0.6 is 0 Å². The number of nitrogens with one attached hydrogen (secondary N) is 2. The van der Waals surface area contributed by atoms with Gasteiger partial charge in [-0.15, -0.1) is 0 Å². The van der Waals surface area contributed by atoms with Crippen LogP contribution in [0.15, 0.2) is 0 Å². The van der Waals surface area contributed by atoms with Crippen molar-refractivity contribution in [2.75, 3.05) is 23.7 Å². The zero-order chi connectivity index (χ0) is 15.3. The topological polar surface area (TPSA) is 72.0 Å². The Labute approximate surface area is 127 Å². The van der Waals surface area contributed by atoms with E-state index in [4.69, 9.17) is 4.74 Å². The molecule has 1 aromatic rings. The summed E-state index contributed by atoms with van der Waals surface area (Å²) >= 11 is 0. The molecule has 0 amide bonds. The highest BCUT2D eigenvalue weighted by Gasteiger charge is 2.28. The van der Waals surface area contributed by atoms with Gasteiger partial charge < -0.3 is 15.4 Å². The minimum Gasteiger partial charge on any atom is -0.461 e. The average molecular weight is 293 g/mol. The number of ether oxygens (including phenoxy) is 1. The van der Waals surface area contributed by atoms with Crippen molar-refractivity contribution in [3.05, 3.63) is 0 Å². The van der Waals surface area contributed by atoms with Crippen LogP contribution < -0.4 is 15.4 Å². The first-order chi connectivity index (χ1) is 10.0. The second-order valence-corrected chi connectivity index (χ2v) is 6.33. The number of hydrogen-bond acceptors (Lipinski definition) is 6. The quantitative estimate of drug-likeness (QED) is 0.805. The smallest absolute Gasteiger partial charge is 0.323 e. The van der Waals surface area contributed by atoms with Crippen LogP contribution in [-0.2, 0) is 0 Å². The molecule has 0 aromatic carbocycles. The van der Waals surface area contributed by atoms with Crippen molar-refractivity contribution in [3.8, 4) is 6.01 Å². The first-order valence-electron chi connectivity index (χ1n) is 7.91. The molecule has 0 atom stereocenters. The number of rotatable bonds is 7. The molecule has 6 heteroatoms. The lowest BCUT2D eigenvalue weighted by Gasteiger charge is -2.23. The van der Waals surface area contributed by atoms with Gasteiger partial charge in [0, 0.05) is 13.1 Å². The maximum atomic E-state index is 5.60. The highest BCUT2D eigenvalue weighted by molar-refractivity contribution is 5.36. The summed E-state index contributed by atoms with van der Waals surface area (Å²) in [6.07, 6.45) is 5.21. The summed E-state index contributed by atoms with van der Waals surface area (Å²) in [5, 5.41) is 6.47. The van der Waals surface area contributed by atoms with E-state index in [2.05, 4.69) is 32.5 Å². The molecular weight excluding hydrogens is 266 g/mol. The molecule has 1 aromatic heterocycles. The van der Waals surface area contributed by atoms with Crippen LogP contribution in [0.25, 0.3) is 0 Å². The van der Waals surface area contributed by atoms with E-state index in [1.807, 2.05) is 20.8 Å². The highest BCUT2D eigenvalue weighted by Crippen LogP contribution is 2.37. The minimum atomic E-state index is 0.0436. The van der Waals surface area contributed by atoms with Crippen LogP contribution in [0.5, 0.6) is 6.01 Å². The summed E-state index contributed by atoms with van der Waals surface area (Å²) in [5.41, 5.74) is 0.351. The number of anilines is 2. The van der Waals surface area contributed by atoms with Crippen LogP contribution in [0, 0.1) is 5.41 Å². The Morgan fingerprint density at radius 2 is 1.71 bits per heavy atom. The lowest BCUT2D eigenvalue weighted by Crippen LogP contribution is -2.24. The zero-order valence-electron chi connectivity index (χ0n) is 13.6. The fourth-order valence-electron chi connectivity index (χ4n) is 2.63. The van der Waals surface area contributed by atoms with Gasteiger partial charge in [-0.1, -0.05) is 19.8 Å². The van der Waals surface area contributed by atoms with Gasteiger partial charge >= 0.3 is 6.01 Å². The first kappa shape index (κ1) is 15.8. The highest BCUT2D eigenvalue weighted by atomic mass is 16.5. The van der Waals surface area contributed by atoms with E-state index in [0.29, 0.717) is 23.3 Å². The van der Waals surface area contributed by atoms with Gasteiger partial charge in [-0.05, 0) is 39.0 Å². The Morgan fingerprint density at radius 3 is 2.29 bits per heavy atom. The predicted molar refractivity (Wildman–Crippen MR) is 84.8 cm³/mol. The van der Waals surface area contributed by atoms with Gasteiger partial charge in [-0.2, -0.15) is 15.0 Å². The van der Waals surface area contributed by atoms with Crippen molar-refractivity contribution in [3.63, 3.8) is 0 Å². The van der Waals surface area contributed by atoms with Crippen LogP contribution in [0.3, 0.4) is 0 Å². The monoisotopic (exact) mass is 293 g/mol. The van der Waals surface area contributed by atoms with Crippen LogP contribution in [-0.4, -0.2) is 34.1 Å². The van der Waals surface area contributed by atoms with Crippen molar-refractivity contribution >= 4 is 11.9 Å². The van der Waals surface area contributed by atoms with Gasteiger partial charge in [0.2, 0.25) is 11.9 Å². The van der Waals surface area contributed by atoms with Gasteiger partial charge in [-0.3, -0.25) is 0 Å². The molecule has 6 nitrogen and oxygen atoms in total. The summed E-state index contributed by atoms with van der Waals surface area (Å²) in [4.78, 5) is 13.0. The molecule has 21 heavy (non-hydrogen) atoms. The third-order valence-corrected chi connectivity index (χ3v) is 3.77. The molecule has 0 bridgehead atoms. The molecule has 1 saturated carbocycles. The van der Waals surface area contributed by atoms with E-state index < -0.39 is 0 Å². The van der Waals surface area contributed by atoms with Crippen molar-refractivity contribution < 1.29 is 4.74 Å². The molecule has 0 radical (unpaired) electrons. The molecule has 0 saturated heterocycles. The molecule has 1 fully saturated rings. The Hall–Kier alpha value is -1.59. The van der Waals surface area contributed by atoms with Crippen LogP contribution in [0.2, 0.25) is 0 Å². The van der Waals surface area contributed by atoms with E-state index in [1.54, 1.807) is 0 Å². The molecule has 0 unspecified atom stereocenters. The Morgan fingerprint density at radius 1 is 1.10 bits per heavy atom. The summed E-state index contributed by atoms with van der Waals surface area (Å²) in [5.74, 6) is 1.15. The summed E-state index contributed by atoms with van der Waals surface area (Å²) in [7, 11) is 0. The predicted octanol–water partition coefficient (Wildman–Crippen LogP) is 3.08. The van der Waals surface area contributed by atoms with Crippen LogP contribution in [0.1, 0.15) is 53.4 Å². The van der Waals surface area contributed by atoms with E-state index >= 15 is 0 Å². The summed E-state index contributed by atoms with van der Waals surface area (Å²) < 4.78 is 5.60. The van der Waals surface area contributed by atoms with E-state index in [0.717, 1.165) is 13.1 Å². The second kappa shape index (κ2) is 6.91. The first-order valence-corrected chi connectivity index (χ1v) is 7.91. The average Bonchev–Trinajstić information content (AvgIpc) is 2.83. The molecule has 118 valence electrons. The summed E-state index contributed by atoms with van der Waals surface area (Å²) in [6, 6.07) is 0.370. The molecule has 1 aliphatic carbocycles. The van der Waals surface area contributed by atoms with E-state index in [9.17, 15) is 0 Å². The van der Waals surface area contributed by atoms with Gasteiger partial charge in [0.15, 0.2) is 0 Å². The number of aromatic nitrogens is 3. The zero-order valence-corrected chi connectivity index (χ0v) is 13.6. The Bertz CT molecular complexity index is 457. The molecule has 0 spiro atoms. The minimum absolute atomic E-state index is 0.0436. The van der Waals surface area contributed by atoms with E-state index in [1.165, 1.54) is 25.7 Å². The molecule has 1 heterocycles. The van der Waals surface area contributed by atoms with Crippen molar-refractivity contribution in [1.82, 2.24) is 15.0 Å². The standard InChI is InChI=1S/C15H27N5O/c1-5-16-12-18-13(20-14(19-12)21-11(2)3)17-10-15(4)8-6-7-9-15/h11H,5-10H2,1-4H3,(H2,16,17,18,19,20). The lowest BCUT2D eigenvalue weighted by atomic mass is 9.89. The van der Waals surface area contributed by atoms with E-state index in [-0.39, 0.29) is 6.10 Å². The third-order valence-electron chi connectivity index (χ3n) is 3.77. The fourth-order valence-corrected chi connectivity index (χ4v) is 2.63. The van der Waals surface area contributed by atoms with Gasteiger partial charge in [0.1, 0.15) is 0 Å². The maximum Gasteiger partial charge on any atom is 0.323 e. The normalized spacial score (nSPS) is 17.0. The Balaban J connectivity index is 2.07. The molecular formula is C15H27N5O. The van der Waals surface area contributed by atoms with Crippen molar-refractivity contribution in [1.29, 1.82) is 0 Å². The SMILES string of the molecule is CCNc1nc(NCC2(C)CCCC2)nc(OC(C)C)n1. The van der Waals surface area contributed by atoms with Crippen LogP contribution in [0.4, 0.5) is 11.9 Å². The number of hydrogen-bond donors (Lipinski definition) is 2. The van der Waals surface area contributed by atoms with Gasteiger partial charge in [-0.25, -0.2) is 0 Å². The van der Waals surface area contributed by atoms with Gasteiger partial charge in [0.25, 0.3) is 0 Å². The van der Waals surface area contributed by atoms with Crippen molar-refractivity contribution in [2.45, 2.75) is 59.5 Å².